The quantitative estimate of drug-likeness (QED) is 0.927. The smallest absolute Gasteiger partial charge is 0.228 e. The molecule has 1 aliphatic rings. The molecule has 0 aromatic carbocycles. The van der Waals surface area contributed by atoms with E-state index in [2.05, 4.69) is 26.2 Å². The molecule has 17 heavy (non-hydrogen) atoms. The number of hydrogen-bond acceptors (Lipinski definition) is 3. The molecule has 0 bridgehead atoms. The summed E-state index contributed by atoms with van der Waals surface area (Å²) < 4.78 is 6.78. The van der Waals surface area contributed by atoms with Crippen LogP contribution in [0.1, 0.15) is 25.7 Å². The first-order chi connectivity index (χ1) is 8.20. The largest absolute Gasteiger partial charge is 0.472 e. The Balaban J connectivity index is 2.08. The Morgan fingerprint density at radius 3 is 2.94 bits per heavy atom. The average molecular weight is 320 g/mol. The molecule has 0 amide bonds. The first kappa shape index (κ1) is 13.1. The van der Waals surface area contributed by atoms with E-state index >= 15 is 0 Å². The van der Waals surface area contributed by atoms with Crippen molar-refractivity contribution in [2.45, 2.75) is 37.8 Å². The van der Waals surface area contributed by atoms with Gasteiger partial charge in [-0.2, -0.15) is 0 Å². The highest BCUT2D eigenvalue weighted by Gasteiger charge is 2.26. The number of likely N-dealkylation sites (N-methyl/N-ethyl adjacent to an activating group) is 1. The number of aromatic nitrogens is 1. The number of nitrogens with one attached hydrogen (secondary N) is 1. The average Bonchev–Trinajstić information content (AvgIpc) is 2.33. The fraction of sp³-hybridized carbons (Fsp3) is 0.583. The maximum atomic E-state index is 5.97. The van der Waals surface area contributed by atoms with Crippen molar-refractivity contribution in [1.29, 1.82) is 0 Å². The molecule has 1 N–H and O–H groups in total. The molecule has 2 atom stereocenters. The van der Waals surface area contributed by atoms with Gasteiger partial charge in [0, 0.05) is 12.2 Å². The summed E-state index contributed by atoms with van der Waals surface area (Å²) >= 11 is 9.28. The zero-order chi connectivity index (χ0) is 12.3. The van der Waals surface area contributed by atoms with Crippen LogP contribution in [0.25, 0.3) is 0 Å². The minimum Gasteiger partial charge on any atom is -0.472 e. The lowest BCUT2D eigenvalue weighted by Crippen LogP contribution is -2.43. The lowest BCUT2D eigenvalue weighted by Gasteiger charge is -2.31. The molecule has 1 heterocycles. The van der Waals surface area contributed by atoms with Gasteiger partial charge in [0.25, 0.3) is 0 Å². The molecule has 1 fully saturated rings. The summed E-state index contributed by atoms with van der Waals surface area (Å²) in [4.78, 5) is 4.21. The molecule has 1 aliphatic carbocycles. The Kier molecular flexibility index (Phi) is 4.65. The molecule has 2 unspecified atom stereocenters. The van der Waals surface area contributed by atoms with Crippen LogP contribution in [-0.2, 0) is 0 Å². The van der Waals surface area contributed by atoms with Gasteiger partial charge in [0.2, 0.25) is 5.88 Å². The van der Waals surface area contributed by atoms with Crippen LogP contribution in [0.2, 0.25) is 5.02 Å². The number of rotatable bonds is 3. The molecule has 0 radical (unpaired) electrons. The highest BCUT2D eigenvalue weighted by atomic mass is 79.9. The van der Waals surface area contributed by atoms with E-state index in [0.717, 1.165) is 17.3 Å². The fourth-order valence-corrected chi connectivity index (χ4v) is 2.93. The van der Waals surface area contributed by atoms with E-state index in [1.807, 2.05) is 7.05 Å². The summed E-state index contributed by atoms with van der Waals surface area (Å²) in [5.74, 6) is 0.626. The van der Waals surface area contributed by atoms with Crippen LogP contribution in [0.3, 0.4) is 0 Å². The lowest BCUT2D eigenvalue weighted by molar-refractivity contribution is 0.112. The van der Waals surface area contributed by atoms with Crippen molar-refractivity contribution in [3.8, 4) is 5.88 Å². The van der Waals surface area contributed by atoms with E-state index in [4.69, 9.17) is 16.3 Å². The van der Waals surface area contributed by atoms with E-state index in [1.54, 1.807) is 12.3 Å². The molecule has 2 rings (SSSR count). The van der Waals surface area contributed by atoms with Gasteiger partial charge in [0.1, 0.15) is 6.10 Å². The molecular weight excluding hydrogens is 304 g/mol. The van der Waals surface area contributed by atoms with Gasteiger partial charge in [0.15, 0.2) is 0 Å². The van der Waals surface area contributed by atoms with Gasteiger partial charge in [0.05, 0.1) is 9.50 Å². The summed E-state index contributed by atoms with van der Waals surface area (Å²) in [6, 6.07) is 2.22. The van der Waals surface area contributed by atoms with E-state index in [1.165, 1.54) is 12.8 Å². The first-order valence-corrected chi connectivity index (χ1v) is 7.03. The molecule has 0 spiro atoms. The normalized spacial score (nSPS) is 24.6. The Hall–Kier alpha value is -0.320. The molecule has 1 aromatic rings. The van der Waals surface area contributed by atoms with Crippen molar-refractivity contribution in [2.75, 3.05) is 7.05 Å². The topological polar surface area (TPSA) is 34.1 Å². The van der Waals surface area contributed by atoms with Crippen molar-refractivity contribution in [1.82, 2.24) is 10.3 Å². The Morgan fingerprint density at radius 1 is 1.47 bits per heavy atom. The first-order valence-electron chi connectivity index (χ1n) is 5.85. The molecule has 0 saturated heterocycles. The highest BCUT2D eigenvalue weighted by Crippen LogP contribution is 2.29. The van der Waals surface area contributed by atoms with Gasteiger partial charge in [-0.1, -0.05) is 18.0 Å². The summed E-state index contributed by atoms with van der Waals surface area (Å²) in [6.07, 6.45) is 6.51. The van der Waals surface area contributed by atoms with Crippen molar-refractivity contribution < 1.29 is 4.74 Å². The summed E-state index contributed by atoms with van der Waals surface area (Å²) in [5, 5.41) is 3.92. The molecule has 0 aliphatic heterocycles. The second-order valence-corrected chi connectivity index (χ2v) is 5.57. The molecule has 94 valence electrons. The Labute approximate surface area is 115 Å². The van der Waals surface area contributed by atoms with Crippen LogP contribution in [0.4, 0.5) is 0 Å². The monoisotopic (exact) mass is 318 g/mol. The van der Waals surface area contributed by atoms with E-state index in [-0.39, 0.29) is 6.10 Å². The predicted octanol–water partition coefficient (Wildman–Crippen LogP) is 3.41. The van der Waals surface area contributed by atoms with E-state index in [9.17, 15) is 0 Å². The third kappa shape index (κ3) is 3.33. The van der Waals surface area contributed by atoms with Gasteiger partial charge < -0.3 is 10.1 Å². The van der Waals surface area contributed by atoms with Gasteiger partial charge in [-0.15, -0.1) is 0 Å². The van der Waals surface area contributed by atoms with E-state index < -0.39 is 0 Å². The third-order valence-corrected chi connectivity index (χ3v) is 3.89. The highest BCUT2D eigenvalue weighted by molar-refractivity contribution is 9.10. The number of nitrogens with zero attached hydrogens (tertiary/aromatic N) is 1. The molecule has 3 nitrogen and oxygen atoms in total. The van der Waals surface area contributed by atoms with Crippen molar-refractivity contribution in [3.05, 3.63) is 21.8 Å². The van der Waals surface area contributed by atoms with Crippen molar-refractivity contribution >= 4 is 27.5 Å². The number of hydrogen-bond donors (Lipinski definition) is 1. The van der Waals surface area contributed by atoms with Crippen LogP contribution in [-0.4, -0.2) is 24.2 Å². The summed E-state index contributed by atoms with van der Waals surface area (Å²) in [5.41, 5.74) is 0. The Morgan fingerprint density at radius 2 is 2.24 bits per heavy atom. The van der Waals surface area contributed by atoms with Crippen molar-refractivity contribution in [2.24, 2.45) is 0 Å². The zero-order valence-corrected chi connectivity index (χ0v) is 12.1. The Bertz CT molecular complexity index is 389. The number of pyridine rings is 1. The molecule has 5 heteroatoms. The SMILES string of the molecule is CNC1CCCCC1Oc1ncc(Cl)cc1Br. The second-order valence-electron chi connectivity index (χ2n) is 4.28. The van der Waals surface area contributed by atoms with Crippen LogP contribution >= 0.6 is 27.5 Å². The molecule has 1 aromatic heterocycles. The zero-order valence-electron chi connectivity index (χ0n) is 9.75. The van der Waals surface area contributed by atoms with Crippen LogP contribution in [0, 0.1) is 0 Å². The maximum absolute atomic E-state index is 5.97. The summed E-state index contributed by atoms with van der Waals surface area (Å²) in [7, 11) is 1.98. The minimum absolute atomic E-state index is 0.193. The van der Waals surface area contributed by atoms with Gasteiger partial charge in [-0.3, -0.25) is 0 Å². The lowest BCUT2D eigenvalue weighted by atomic mass is 9.92. The van der Waals surface area contributed by atoms with Crippen molar-refractivity contribution in [3.63, 3.8) is 0 Å². The van der Waals surface area contributed by atoms with Gasteiger partial charge in [-0.25, -0.2) is 4.98 Å². The predicted molar refractivity (Wildman–Crippen MR) is 72.7 cm³/mol. The van der Waals surface area contributed by atoms with Crippen LogP contribution in [0.5, 0.6) is 5.88 Å². The number of ether oxygens (including phenoxy) is 1. The minimum atomic E-state index is 0.193. The second kappa shape index (κ2) is 6.03. The van der Waals surface area contributed by atoms with Crippen LogP contribution in [0.15, 0.2) is 16.7 Å². The van der Waals surface area contributed by atoms with Crippen LogP contribution < -0.4 is 10.1 Å². The summed E-state index contributed by atoms with van der Waals surface area (Å²) in [6.45, 7) is 0. The number of halogens is 2. The van der Waals surface area contributed by atoms with Gasteiger partial charge in [-0.05, 0) is 48.3 Å². The third-order valence-electron chi connectivity index (χ3n) is 3.11. The maximum Gasteiger partial charge on any atom is 0.228 e. The standard InChI is InChI=1S/C12H16BrClN2O/c1-15-10-4-2-3-5-11(10)17-12-9(13)6-8(14)7-16-12/h6-7,10-11,15H,2-5H2,1H3. The molecule has 1 saturated carbocycles. The fourth-order valence-electron chi connectivity index (χ4n) is 2.20. The van der Waals surface area contributed by atoms with Gasteiger partial charge >= 0.3 is 0 Å². The van der Waals surface area contributed by atoms with E-state index in [0.29, 0.717) is 16.9 Å². The molecular formula is C12H16BrClN2O.